The van der Waals surface area contributed by atoms with E-state index in [1.54, 1.807) is 20.1 Å². The molecule has 0 aliphatic carbocycles. The molecule has 0 aliphatic rings. The minimum atomic E-state index is -1.17. The number of terminal acetylenes is 1. The lowest BCUT2D eigenvalue weighted by molar-refractivity contribution is 0.0378. The zero-order chi connectivity index (χ0) is 21.3. The second-order valence-corrected chi connectivity index (χ2v) is 6.71. The molecule has 1 aromatic carbocycles. The molecule has 0 amide bonds. The lowest BCUT2D eigenvalue weighted by Gasteiger charge is -2.22. The summed E-state index contributed by atoms with van der Waals surface area (Å²) < 4.78 is 16.4. The average Bonchev–Trinajstić information content (AvgIpc) is 3.16. The third-order valence-electron chi connectivity index (χ3n) is 4.17. The van der Waals surface area contributed by atoms with Gasteiger partial charge in [0.15, 0.2) is 17.5 Å². The van der Waals surface area contributed by atoms with Crippen LogP contribution in [0.5, 0.6) is 11.5 Å². The van der Waals surface area contributed by atoms with Crippen molar-refractivity contribution in [3.8, 4) is 23.8 Å². The number of halogens is 1. The molecule has 0 spiro atoms. The zero-order valence-electron chi connectivity index (χ0n) is 17.8. The molecule has 164 valence electrons. The fraction of sp³-hybridized carbons (Fsp3) is 0.409. The van der Waals surface area contributed by atoms with Crippen LogP contribution in [0.1, 0.15) is 30.9 Å². The number of rotatable bonds is 9. The zero-order valence-corrected chi connectivity index (χ0v) is 20.2. The number of aliphatic imine (C=N–C) groups is 1. The van der Waals surface area contributed by atoms with Crippen molar-refractivity contribution in [1.82, 2.24) is 10.6 Å². The van der Waals surface area contributed by atoms with Crippen LogP contribution in [0.2, 0.25) is 0 Å². The fourth-order valence-electron chi connectivity index (χ4n) is 2.63. The summed E-state index contributed by atoms with van der Waals surface area (Å²) in [4.78, 5) is 4.58. The third kappa shape index (κ3) is 7.46. The maximum absolute atomic E-state index is 10.7. The minimum absolute atomic E-state index is 0. The van der Waals surface area contributed by atoms with E-state index in [0.717, 1.165) is 11.3 Å². The molecule has 2 rings (SSSR count). The van der Waals surface area contributed by atoms with E-state index in [4.69, 9.17) is 20.3 Å². The smallest absolute Gasteiger partial charge is 0.191 e. The Labute approximate surface area is 195 Å². The molecule has 0 fully saturated rings. The highest BCUT2D eigenvalue weighted by atomic mass is 127. The van der Waals surface area contributed by atoms with E-state index in [2.05, 4.69) is 21.5 Å². The molecule has 2 aromatic rings. The Morgan fingerprint density at radius 2 is 2.03 bits per heavy atom. The molecule has 7 nitrogen and oxygen atoms in total. The molecule has 1 heterocycles. The van der Waals surface area contributed by atoms with Crippen molar-refractivity contribution in [3.05, 3.63) is 47.4 Å². The quantitative estimate of drug-likeness (QED) is 0.201. The van der Waals surface area contributed by atoms with Crippen LogP contribution in [-0.2, 0) is 12.1 Å². The van der Waals surface area contributed by atoms with E-state index >= 15 is 0 Å². The number of aliphatic hydroxyl groups is 1. The van der Waals surface area contributed by atoms with Crippen molar-refractivity contribution in [2.75, 3.05) is 26.8 Å². The Balaban J connectivity index is 0.00000450. The summed E-state index contributed by atoms with van der Waals surface area (Å²) in [5.74, 6) is 5.47. The van der Waals surface area contributed by atoms with E-state index in [1.807, 2.05) is 38.1 Å². The number of guanidine groups is 1. The number of nitrogens with one attached hydrogen (secondary N) is 2. The van der Waals surface area contributed by atoms with E-state index in [9.17, 15) is 5.11 Å². The summed E-state index contributed by atoms with van der Waals surface area (Å²) in [7, 11) is 1.58. The number of hydrogen-bond acceptors (Lipinski definition) is 5. The monoisotopic (exact) mass is 527 g/mol. The lowest BCUT2D eigenvalue weighted by Crippen LogP contribution is -2.44. The molecule has 0 saturated heterocycles. The first-order chi connectivity index (χ1) is 13.9. The lowest BCUT2D eigenvalue weighted by atomic mass is 10.0. The fourth-order valence-corrected chi connectivity index (χ4v) is 2.63. The number of benzene rings is 1. The molecule has 1 aromatic heterocycles. The van der Waals surface area contributed by atoms with Crippen LogP contribution in [0, 0.1) is 19.3 Å². The van der Waals surface area contributed by atoms with Crippen LogP contribution < -0.4 is 20.1 Å². The van der Waals surface area contributed by atoms with E-state index in [-0.39, 0.29) is 37.1 Å². The van der Waals surface area contributed by atoms with Crippen LogP contribution in [0.25, 0.3) is 0 Å². The van der Waals surface area contributed by atoms with Crippen LogP contribution in [0.3, 0.4) is 0 Å². The molecule has 3 N–H and O–H groups in total. The average molecular weight is 527 g/mol. The van der Waals surface area contributed by atoms with Gasteiger partial charge in [-0.3, -0.25) is 0 Å². The first-order valence-electron chi connectivity index (χ1n) is 9.44. The molecular weight excluding hydrogens is 497 g/mol. The van der Waals surface area contributed by atoms with Gasteiger partial charge in [-0.15, -0.1) is 30.4 Å². The number of methoxy groups -OCH3 is 1. The maximum Gasteiger partial charge on any atom is 0.191 e. The number of aryl methyl sites for hydroxylation is 1. The normalized spacial score (nSPS) is 12.9. The topological polar surface area (TPSA) is 88.2 Å². The maximum atomic E-state index is 10.7. The van der Waals surface area contributed by atoms with Gasteiger partial charge in [0, 0.05) is 6.54 Å². The Morgan fingerprint density at radius 3 is 2.63 bits per heavy atom. The van der Waals surface area contributed by atoms with Gasteiger partial charge in [-0.2, -0.15) is 0 Å². The number of nitrogens with zero attached hydrogens (tertiary/aromatic N) is 1. The van der Waals surface area contributed by atoms with E-state index < -0.39 is 5.60 Å². The second kappa shape index (κ2) is 12.3. The van der Waals surface area contributed by atoms with Crippen molar-refractivity contribution in [2.24, 2.45) is 4.99 Å². The largest absolute Gasteiger partial charge is 0.493 e. The number of hydrogen-bond donors (Lipinski definition) is 3. The molecular formula is C22H30IN3O4. The van der Waals surface area contributed by atoms with Crippen LogP contribution >= 0.6 is 24.0 Å². The highest BCUT2D eigenvalue weighted by Gasteiger charge is 2.27. The van der Waals surface area contributed by atoms with Gasteiger partial charge in [-0.25, -0.2) is 4.99 Å². The molecule has 0 aliphatic heterocycles. The van der Waals surface area contributed by atoms with Crippen molar-refractivity contribution >= 4 is 29.9 Å². The van der Waals surface area contributed by atoms with Gasteiger partial charge in [0.25, 0.3) is 0 Å². The molecule has 8 heteroatoms. The standard InChI is InChI=1S/C22H29N3O4.HI/c1-6-12-28-19-13-17(9-10-18(19)27-5)14-24-21(23-7-2)25-15-22(4,26)20-11-8-16(3)29-20;/h1,8-11,13,26H,7,12,14-15H2,2-5H3,(H2,23,24,25);1H. The van der Waals surface area contributed by atoms with Crippen LogP contribution in [-0.4, -0.2) is 37.9 Å². The Morgan fingerprint density at radius 1 is 1.27 bits per heavy atom. The highest BCUT2D eigenvalue weighted by Crippen LogP contribution is 2.28. The number of furan rings is 1. The van der Waals surface area contributed by atoms with Gasteiger partial charge in [0.05, 0.1) is 20.2 Å². The first-order valence-corrected chi connectivity index (χ1v) is 9.44. The molecule has 0 radical (unpaired) electrons. The van der Waals surface area contributed by atoms with E-state index in [0.29, 0.717) is 36.3 Å². The SMILES string of the molecule is C#CCOc1cc(CN=C(NCC)NCC(C)(O)c2ccc(C)o2)ccc1OC.I. The van der Waals surface area contributed by atoms with Crippen molar-refractivity contribution in [1.29, 1.82) is 0 Å². The molecule has 0 saturated carbocycles. The third-order valence-corrected chi connectivity index (χ3v) is 4.17. The second-order valence-electron chi connectivity index (χ2n) is 6.71. The van der Waals surface area contributed by atoms with Crippen molar-refractivity contribution < 1.29 is 19.0 Å². The molecule has 1 atom stereocenters. The summed E-state index contributed by atoms with van der Waals surface area (Å²) in [6, 6.07) is 9.19. The summed E-state index contributed by atoms with van der Waals surface area (Å²) in [5.41, 5.74) is -0.232. The summed E-state index contributed by atoms with van der Waals surface area (Å²) in [6.45, 7) is 7.01. The molecule has 30 heavy (non-hydrogen) atoms. The van der Waals surface area contributed by atoms with Gasteiger partial charge in [0.2, 0.25) is 0 Å². The van der Waals surface area contributed by atoms with Crippen molar-refractivity contribution in [3.63, 3.8) is 0 Å². The molecule has 1 unspecified atom stereocenters. The molecule has 0 bridgehead atoms. The Hall–Kier alpha value is -2.38. The van der Waals surface area contributed by atoms with Crippen LogP contribution in [0.15, 0.2) is 39.7 Å². The predicted molar refractivity (Wildman–Crippen MR) is 129 cm³/mol. The first kappa shape index (κ1) is 25.7. The number of ether oxygens (including phenoxy) is 2. The van der Waals surface area contributed by atoms with Gasteiger partial charge < -0.3 is 29.6 Å². The van der Waals surface area contributed by atoms with Gasteiger partial charge >= 0.3 is 0 Å². The summed E-state index contributed by atoms with van der Waals surface area (Å²) in [5, 5.41) is 17.0. The Kier molecular flexibility index (Phi) is 10.6. The minimum Gasteiger partial charge on any atom is -0.493 e. The van der Waals surface area contributed by atoms with Gasteiger partial charge in [-0.05, 0) is 50.6 Å². The highest BCUT2D eigenvalue weighted by molar-refractivity contribution is 14.0. The predicted octanol–water partition coefficient (Wildman–Crippen LogP) is 3.19. The summed E-state index contributed by atoms with van der Waals surface area (Å²) in [6.07, 6.45) is 5.27. The summed E-state index contributed by atoms with van der Waals surface area (Å²) >= 11 is 0. The van der Waals surface area contributed by atoms with Gasteiger partial charge in [0.1, 0.15) is 23.7 Å². The Bertz CT molecular complexity index is 872. The van der Waals surface area contributed by atoms with Crippen LogP contribution in [0.4, 0.5) is 0 Å². The van der Waals surface area contributed by atoms with Gasteiger partial charge in [-0.1, -0.05) is 12.0 Å². The van der Waals surface area contributed by atoms with Crippen molar-refractivity contribution in [2.45, 2.75) is 32.9 Å². The van der Waals surface area contributed by atoms with E-state index in [1.165, 1.54) is 0 Å².